The Bertz CT molecular complexity index is 1040. The molecule has 0 aliphatic carbocycles. The Morgan fingerprint density at radius 3 is 2.35 bits per heavy atom. The second-order valence-electron chi connectivity index (χ2n) is 5.55. The largest absolute Gasteiger partial charge is 0.339 e. The summed E-state index contributed by atoms with van der Waals surface area (Å²) in [7, 11) is -3.99. The molecule has 8 heteroatoms. The van der Waals surface area contributed by atoms with Crippen LogP contribution < -0.4 is 10.0 Å². The van der Waals surface area contributed by atoms with E-state index in [1.165, 1.54) is 36.5 Å². The van der Waals surface area contributed by atoms with E-state index in [0.717, 1.165) is 12.1 Å². The Balaban J connectivity index is 1.92. The molecule has 0 unspecified atom stereocenters. The van der Waals surface area contributed by atoms with Crippen molar-refractivity contribution in [2.24, 2.45) is 0 Å². The number of sulfonamides is 1. The Kier molecular flexibility index (Phi) is 4.85. The lowest BCUT2D eigenvalue weighted by molar-refractivity contribution is 0.601. The maximum atomic E-state index is 13.7. The molecule has 2 N–H and O–H groups in total. The summed E-state index contributed by atoms with van der Waals surface area (Å²) in [5.41, 5.74) is 1.05. The number of aryl methyl sites for hydroxylation is 1. The molecule has 3 aromatic rings. The minimum absolute atomic E-state index is 0.0466. The molecule has 0 aliphatic rings. The summed E-state index contributed by atoms with van der Waals surface area (Å²) < 4.78 is 54.4. The zero-order valence-electron chi connectivity index (χ0n) is 13.7. The quantitative estimate of drug-likeness (QED) is 0.701. The molecule has 134 valence electrons. The second-order valence-corrected chi connectivity index (χ2v) is 7.20. The zero-order chi connectivity index (χ0) is 18.7. The number of pyridine rings is 1. The van der Waals surface area contributed by atoms with Gasteiger partial charge in [0, 0.05) is 17.6 Å². The predicted octanol–water partition coefficient (Wildman–Crippen LogP) is 4.21. The first-order chi connectivity index (χ1) is 12.3. The molecule has 0 aliphatic heterocycles. The molecule has 0 atom stereocenters. The van der Waals surface area contributed by atoms with Gasteiger partial charge in [0.15, 0.2) is 5.82 Å². The summed E-state index contributed by atoms with van der Waals surface area (Å²) in [6, 6.07) is 12.2. The molecular formula is C18H15F2N3O2S. The van der Waals surface area contributed by atoms with Crippen molar-refractivity contribution in [3.63, 3.8) is 0 Å². The third-order valence-electron chi connectivity index (χ3n) is 3.59. The Labute approximate surface area is 149 Å². The van der Waals surface area contributed by atoms with Gasteiger partial charge in [0.1, 0.15) is 16.5 Å². The number of hydrogen-bond acceptors (Lipinski definition) is 4. The lowest BCUT2D eigenvalue weighted by atomic mass is 10.2. The molecule has 0 amide bonds. The van der Waals surface area contributed by atoms with Crippen LogP contribution in [0.5, 0.6) is 0 Å². The number of benzene rings is 2. The fraction of sp³-hybridized carbons (Fsp3) is 0.0556. The van der Waals surface area contributed by atoms with E-state index in [9.17, 15) is 17.2 Å². The van der Waals surface area contributed by atoms with Gasteiger partial charge in [-0.1, -0.05) is 6.07 Å². The van der Waals surface area contributed by atoms with Crippen LogP contribution in [0, 0.1) is 18.6 Å². The molecule has 5 nitrogen and oxygen atoms in total. The molecule has 0 spiro atoms. The van der Waals surface area contributed by atoms with Gasteiger partial charge in [-0.2, -0.15) is 0 Å². The van der Waals surface area contributed by atoms with Crippen LogP contribution in [0.1, 0.15) is 5.56 Å². The Hall–Kier alpha value is -3.00. The van der Waals surface area contributed by atoms with Gasteiger partial charge in [-0.25, -0.2) is 22.2 Å². The summed E-state index contributed by atoms with van der Waals surface area (Å²) in [4.78, 5) is 3.92. The number of hydrogen-bond donors (Lipinski definition) is 2. The van der Waals surface area contributed by atoms with Gasteiger partial charge in [-0.15, -0.1) is 0 Å². The van der Waals surface area contributed by atoms with Gasteiger partial charge in [0.05, 0.1) is 0 Å². The van der Waals surface area contributed by atoms with E-state index in [4.69, 9.17) is 0 Å². The molecular weight excluding hydrogens is 360 g/mol. The molecule has 0 saturated carbocycles. The Morgan fingerprint density at radius 1 is 0.962 bits per heavy atom. The van der Waals surface area contributed by atoms with E-state index in [2.05, 4.69) is 15.0 Å². The lowest BCUT2D eigenvalue weighted by Gasteiger charge is -2.13. The van der Waals surface area contributed by atoms with Crippen LogP contribution in [0.25, 0.3) is 0 Å². The fourth-order valence-electron chi connectivity index (χ4n) is 2.24. The standard InChI is InChI=1S/C18H15F2N3O2S/c1-12-4-7-15(11-16(12)20)22-18-17(3-2-10-21-18)26(24,25)23-14-8-5-13(19)6-9-14/h2-11,23H,1H3,(H,21,22). The van der Waals surface area contributed by atoms with E-state index in [0.29, 0.717) is 11.3 Å². The monoisotopic (exact) mass is 375 g/mol. The minimum atomic E-state index is -3.99. The maximum Gasteiger partial charge on any atom is 0.265 e. The van der Waals surface area contributed by atoms with Crippen LogP contribution in [0.4, 0.5) is 26.0 Å². The van der Waals surface area contributed by atoms with Crippen molar-refractivity contribution in [1.29, 1.82) is 0 Å². The van der Waals surface area contributed by atoms with Crippen molar-refractivity contribution < 1.29 is 17.2 Å². The van der Waals surface area contributed by atoms with Crippen LogP contribution >= 0.6 is 0 Å². The van der Waals surface area contributed by atoms with Gasteiger partial charge >= 0.3 is 0 Å². The highest BCUT2D eigenvalue weighted by Crippen LogP contribution is 2.25. The van der Waals surface area contributed by atoms with E-state index in [-0.39, 0.29) is 16.4 Å². The van der Waals surface area contributed by atoms with Crippen LogP contribution in [0.15, 0.2) is 65.7 Å². The van der Waals surface area contributed by atoms with Crippen molar-refractivity contribution in [3.05, 3.63) is 78.0 Å². The predicted molar refractivity (Wildman–Crippen MR) is 95.9 cm³/mol. The third kappa shape index (κ3) is 3.97. The van der Waals surface area contributed by atoms with Crippen molar-refractivity contribution in [2.75, 3.05) is 10.0 Å². The summed E-state index contributed by atoms with van der Waals surface area (Å²) in [5, 5.41) is 2.81. The molecule has 1 aromatic heterocycles. The molecule has 3 rings (SSSR count). The van der Waals surface area contributed by atoms with Gasteiger partial charge < -0.3 is 5.32 Å². The second kappa shape index (κ2) is 7.09. The highest BCUT2D eigenvalue weighted by molar-refractivity contribution is 7.92. The molecule has 26 heavy (non-hydrogen) atoms. The minimum Gasteiger partial charge on any atom is -0.339 e. The lowest BCUT2D eigenvalue weighted by Crippen LogP contribution is -2.15. The van der Waals surface area contributed by atoms with Crippen molar-refractivity contribution in [2.45, 2.75) is 11.8 Å². The zero-order valence-corrected chi connectivity index (χ0v) is 14.5. The van der Waals surface area contributed by atoms with Crippen LogP contribution in [-0.2, 0) is 10.0 Å². The first kappa shape index (κ1) is 17.8. The van der Waals surface area contributed by atoms with Crippen LogP contribution in [0.3, 0.4) is 0 Å². The third-order valence-corrected chi connectivity index (χ3v) is 5.00. The number of rotatable bonds is 5. The number of halogens is 2. The highest BCUT2D eigenvalue weighted by Gasteiger charge is 2.20. The molecule has 1 heterocycles. The summed E-state index contributed by atoms with van der Waals surface area (Å²) in [6.07, 6.45) is 1.42. The normalized spacial score (nSPS) is 11.2. The van der Waals surface area contributed by atoms with E-state index in [1.54, 1.807) is 19.1 Å². The first-order valence-electron chi connectivity index (χ1n) is 7.62. The first-order valence-corrected chi connectivity index (χ1v) is 9.10. The van der Waals surface area contributed by atoms with Gasteiger partial charge in [0.2, 0.25) is 0 Å². The summed E-state index contributed by atoms with van der Waals surface area (Å²) in [5.74, 6) is -0.844. The topological polar surface area (TPSA) is 71.1 Å². The smallest absolute Gasteiger partial charge is 0.265 e. The van der Waals surface area contributed by atoms with Gasteiger partial charge in [-0.05, 0) is 61.0 Å². The summed E-state index contributed by atoms with van der Waals surface area (Å²) >= 11 is 0. The summed E-state index contributed by atoms with van der Waals surface area (Å²) in [6.45, 7) is 1.63. The van der Waals surface area contributed by atoms with Crippen molar-refractivity contribution >= 4 is 27.2 Å². The number of nitrogens with one attached hydrogen (secondary N) is 2. The molecule has 0 radical (unpaired) electrons. The van der Waals surface area contributed by atoms with Crippen molar-refractivity contribution in [1.82, 2.24) is 4.98 Å². The van der Waals surface area contributed by atoms with Gasteiger partial charge in [-0.3, -0.25) is 4.72 Å². The average molecular weight is 375 g/mol. The fourth-order valence-corrected chi connectivity index (χ4v) is 3.41. The number of anilines is 3. The Morgan fingerprint density at radius 2 is 1.65 bits per heavy atom. The molecule has 2 aromatic carbocycles. The van der Waals surface area contributed by atoms with E-state index < -0.39 is 21.7 Å². The SMILES string of the molecule is Cc1ccc(Nc2ncccc2S(=O)(=O)Nc2ccc(F)cc2)cc1F. The average Bonchev–Trinajstić information content (AvgIpc) is 2.60. The number of nitrogens with zero attached hydrogens (tertiary/aromatic N) is 1. The van der Waals surface area contributed by atoms with E-state index >= 15 is 0 Å². The maximum absolute atomic E-state index is 13.7. The van der Waals surface area contributed by atoms with E-state index in [1.807, 2.05) is 0 Å². The van der Waals surface area contributed by atoms with Gasteiger partial charge in [0.25, 0.3) is 10.0 Å². The molecule has 0 fully saturated rings. The molecule has 0 saturated heterocycles. The molecule has 0 bridgehead atoms. The highest BCUT2D eigenvalue weighted by atomic mass is 32.2. The van der Waals surface area contributed by atoms with Crippen molar-refractivity contribution in [3.8, 4) is 0 Å². The van der Waals surface area contributed by atoms with Crippen LogP contribution in [-0.4, -0.2) is 13.4 Å². The van der Waals surface area contributed by atoms with Crippen LogP contribution in [0.2, 0.25) is 0 Å². The number of aromatic nitrogens is 1.